The molecule has 0 aliphatic carbocycles. The number of nitrogens with one attached hydrogen (secondary N) is 4. The van der Waals surface area contributed by atoms with E-state index in [1.165, 1.54) is 17.0 Å². The predicted molar refractivity (Wildman–Crippen MR) is 152 cm³/mol. The van der Waals surface area contributed by atoms with Crippen LogP contribution in [0.2, 0.25) is 5.02 Å². The predicted octanol–water partition coefficient (Wildman–Crippen LogP) is 5.45. The molecule has 11 nitrogen and oxygen atoms in total. The number of nitrogens with zero attached hydrogens (tertiary/aromatic N) is 1. The molecule has 0 spiro atoms. The summed E-state index contributed by atoms with van der Waals surface area (Å²) in [5.74, 6) is -3.07. The third-order valence-electron chi connectivity index (χ3n) is 6.71. The molecule has 240 valence electrons. The van der Waals surface area contributed by atoms with Crippen LogP contribution in [0.3, 0.4) is 0 Å². The van der Waals surface area contributed by atoms with Gasteiger partial charge in [0.1, 0.15) is 11.6 Å². The highest BCUT2D eigenvalue weighted by molar-refractivity contribution is 6.32. The highest BCUT2D eigenvalue weighted by Gasteiger charge is 2.32. The molecule has 5 N–H and O–H groups in total. The number of hydroxylamine groups is 1. The van der Waals surface area contributed by atoms with Crippen molar-refractivity contribution < 1.29 is 46.7 Å². The summed E-state index contributed by atoms with van der Waals surface area (Å²) >= 11 is 5.77. The van der Waals surface area contributed by atoms with Crippen molar-refractivity contribution in [2.45, 2.75) is 51.3 Å². The first-order valence-electron chi connectivity index (χ1n) is 13.8. The monoisotopic (exact) mass is 645 g/mol. The number of hydrogen-bond acceptors (Lipinski definition) is 6. The van der Waals surface area contributed by atoms with Crippen molar-refractivity contribution in [3.8, 4) is 5.75 Å². The fourth-order valence-corrected chi connectivity index (χ4v) is 4.77. The third-order valence-corrected chi connectivity index (χ3v) is 7.01. The molecule has 0 bridgehead atoms. The van der Waals surface area contributed by atoms with Crippen molar-refractivity contribution in [1.82, 2.24) is 15.7 Å². The number of urea groups is 1. The molecule has 44 heavy (non-hydrogen) atoms. The second-order valence-corrected chi connectivity index (χ2v) is 10.5. The Bertz CT molecular complexity index is 1350. The SMILES string of the molecule is O=C(CCCCCCNC(=O)[C@H]1CCCN(C(=O)c2ccc(NC(=O)Nc3ccc(OC(F)(F)F)c(Cl)c3)c(F)c2)C1)NO. The number of likely N-dealkylation sites (tertiary alicyclic amines) is 1. The molecule has 0 radical (unpaired) electrons. The maximum absolute atomic E-state index is 14.8. The average Bonchev–Trinajstić information content (AvgIpc) is 2.97. The smallest absolute Gasteiger partial charge is 0.404 e. The number of anilines is 2. The van der Waals surface area contributed by atoms with Gasteiger partial charge in [-0.05, 0) is 62.1 Å². The lowest BCUT2D eigenvalue weighted by molar-refractivity contribution is -0.274. The van der Waals surface area contributed by atoms with Crippen LogP contribution < -0.4 is 26.2 Å². The molecular formula is C28H32ClF4N5O6. The Morgan fingerprint density at radius 2 is 1.77 bits per heavy atom. The number of benzene rings is 2. The number of carbonyl (C=O) groups is 4. The zero-order valence-corrected chi connectivity index (χ0v) is 24.2. The molecule has 5 amide bonds. The Morgan fingerprint density at radius 1 is 1.02 bits per heavy atom. The molecule has 3 rings (SSSR count). The number of carbonyl (C=O) groups excluding carboxylic acids is 4. The average molecular weight is 646 g/mol. The largest absolute Gasteiger partial charge is 0.573 e. The van der Waals surface area contributed by atoms with Crippen LogP contribution >= 0.6 is 11.6 Å². The molecule has 1 aliphatic heterocycles. The Morgan fingerprint density at radius 3 is 2.45 bits per heavy atom. The zero-order valence-electron chi connectivity index (χ0n) is 23.4. The van der Waals surface area contributed by atoms with Gasteiger partial charge in [0.2, 0.25) is 11.8 Å². The summed E-state index contributed by atoms with van der Waals surface area (Å²) in [6.07, 6.45) is -0.608. The molecule has 0 saturated carbocycles. The van der Waals surface area contributed by atoms with E-state index >= 15 is 0 Å². The van der Waals surface area contributed by atoms with Gasteiger partial charge in [-0.3, -0.25) is 19.6 Å². The second kappa shape index (κ2) is 16.1. The van der Waals surface area contributed by atoms with Gasteiger partial charge < -0.3 is 25.6 Å². The maximum Gasteiger partial charge on any atom is 0.573 e. The Balaban J connectivity index is 1.48. The highest BCUT2D eigenvalue weighted by Crippen LogP contribution is 2.32. The van der Waals surface area contributed by atoms with Crippen LogP contribution in [0.25, 0.3) is 0 Å². The molecule has 1 atom stereocenters. The second-order valence-electron chi connectivity index (χ2n) is 10.0. The normalized spacial score (nSPS) is 14.9. The zero-order chi connectivity index (χ0) is 32.3. The van der Waals surface area contributed by atoms with Crippen LogP contribution in [0.4, 0.5) is 33.7 Å². The fraction of sp³-hybridized carbons (Fsp3) is 0.429. The summed E-state index contributed by atoms with van der Waals surface area (Å²) in [5, 5.41) is 15.5. The van der Waals surface area contributed by atoms with Crippen molar-refractivity contribution in [2.75, 3.05) is 30.3 Å². The molecule has 16 heteroatoms. The van der Waals surface area contributed by atoms with Crippen molar-refractivity contribution >= 4 is 46.7 Å². The van der Waals surface area contributed by atoms with E-state index in [1.807, 2.05) is 0 Å². The maximum atomic E-state index is 14.8. The fourth-order valence-electron chi connectivity index (χ4n) is 4.55. The summed E-state index contributed by atoms with van der Waals surface area (Å²) in [4.78, 5) is 50.5. The standard InChI is InChI=1S/C28H32ClF4N5O6/c29-20-15-19(9-11-23(20)44-28(31,32)33)35-27(42)36-22-10-8-17(14-21(22)30)26(41)38-13-5-6-18(16-38)25(40)34-12-4-2-1-3-7-24(39)37-43/h8-11,14-15,18,43H,1-7,12-13,16H2,(H,34,40)(H,37,39)(H2,35,36,42)/t18-/m0/s1. The van der Waals surface area contributed by atoms with Crippen molar-refractivity contribution in [1.29, 1.82) is 0 Å². The van der Waals surface area contributed by atoms with E-state index in [0.29, 0.717) is 32.4 Å². The molecule has 2 aromatic rings. The number of rotatable bonds is 12. The van der Waals surface area contributed by atoms with Crippen LogP contribution in [0.15, 0.2) is 36.4 Å². The Hall–Kier alpha value is -4.11. The number of amides is 5. The van der Waals surface area contributed by atoms with Crippen LogP contribution in [0.1, 0.15) is 55.3 Å². The summed E-state index contributed by atoms with van der Waals surface area (Å²) in [6, 6.07) is 5.62. The summed E-state index contributed by atoms with van der Waals surface area (Å²) < 4.78 is 55.8. The van der Waals surface area contributed by atoms with Crippen LogP contribution in [0, 0.1) is 11.7 Å². The Labute approximate surface area is 255 Å². The van der Waals surface area contributed by atoms with Gasteiger partial charge >= 0.3 is 12.4 Å². The molecule has 1 fully saturated rings. The molecule has 0 unspecified atom stereocenters. The van der Waals surface area contributed by atoms with E-state index in [4.69, 9.17) is 16.8 Å². The van der Waals surface area contributed by atoms with E-state index in [0.717, 1.165) is 43.5 Å². The van der Waals surface area contributed by atoms with E-state index < -0.39 is 46.7 Å². The number of ether oxygens (including phenoxy) is 1. The van der Waals surface area contributed by atoms with Gasteiger partial charge in [-0.2, -0.15) is 0 Å². The van der Waals surface area contributed by atoms with Gasteiger partial charge in [-0.15, -0.1) is 13.2 Å². The van der Waals surface area contributed by atoms with Crippen LogP contribution in [-0.4, -0.2) is 59.9 Å². The van der Waals surface area contributed by atoms with Crippen molar-refractivity contribution in [2.24, 2.45) is 5.92 Å². The Kier molecular flexibility index (Phi) is 12.6. The minimum Gasteiger partial charge on any atom is -0.404 e. The molecule has 1 saturated heterocycles. The third kappa shape index (κ3) is 10.9. The van der Waals surface area contributed by atoms with Crippen LogP contribution in [-0.2, 0) is 9.59 Å². The highest BCUT2D eigenvalue weighted by atomic mass is 35.5. The van der Waals surface area contributed by atoms with E-state index in [9.17, 15) is 36.7 Å². The lowest BCUT2D eigenvalue weighted by Gasteiger charge is -2.32. The summed E-state index contributed by atoms with van der Waals surface area (Å²) in [5.41, 5.74) is 1.36. The van der Waals surface area contributed by atoms with Gasteiger partial charge in [0.05, 0.1) is 16.6 Å². The number of piperidine rings is 1. The van der Waals surface area contributed by atoms with Gasteiger partial charge in [0, 0.05) is 37.3 Å². The van der Waals surface area contributed by atoms with Crippen LogP contribution in [0.5, 0.6) is 5.75 Å². The van der Waals surface area contributed by atoms with E-state index in [2.05, 4.69) is 20.7 Å². The number of hydrogen-bond donors (Lipinski definition) is 5. The quantitative estimate of drug-likeness (QED) is 0.0898. The molecular weight excluding hydrogens is 614 g/mol. The first-order valence-corrected chi connectivity index (χ1v) is 14.2. The lowest BCUT2D eigenvalue weighted by Crippen LogP contribution is -2.45. The summed E-state index contributed by atoms with van der Waals surface area (Å²) in [7, 11) is 0. The lowest BCUT2D eigenvalue weighted by atomic mass is 9.96. The summed E-state index contributed by atoms with van der Waals surface area (Å²) in [6.45, 7) is 1.01. The minimum atomic E-state index is -4.95. The van der Waals surface area contributed by atoms with Gasteiger partial charge in [-0.25, -0.2) is 14.7 Å². The molecule has 2 aromatic carbocycles. The van der Waals surface area contributed by atoms with Gasteiger partial charge in [-0.1, -0.05) is 24.4 Å². The number of alkyl halides is 3. The van der Waals surface area contributed by atoms with Gasteiger partial charge in [0.25, 0.3) is 5.91 Å². The molecule has 1 heterocycles. The molecule has 1 aliphatic rings. The topological polar surface area (TPSA) is 149 Å². The first-order chi connectivity index (χ1) is 20.9. The molecule has 0 aromatic heterocycles. The van der Waals surface area contributed by atoms with Gasteiger partial charge in [0.15, 0.2) is 0 Å². The van der Waals surface area contributed by atoms with Crippen molar-refractivity contribution in [3.05, 3.63) is 52.8 Å². The number of halogens is 5. The first kappa shape index (κ1) is 34.4. The van der Waals surface area contributed by atoms with E-state index in [1.54, 1.807) is 5.48 Å². The van der Waals surface area contributed by atoms with Crippen molar-refractivity contribution in [3.63, 3.8) is 0 Å². The van der Waals surface area contributed by atoms with E-state index in [-0.39, 0.29) is 35.8 Å². The number of unbranched alkanes of at least 4 members (excludes halogenated alkanes) is 3. The minimum absolute atomic E-state index is 0.0163.